The fourth-order valence-electron chi connectivity index (χ4n) is 1.36. The summed E-state index contributed by atoms with van der Waals surface area (Å²) < 4.78 is 4.67. The molecule has 5 heteroatoms. The van der Waals surface area contributed by atoms with Crippen LogP contribution in [0.3, 0.4) is 0 Å². The van der Waals surface area contributed by atoms with Crippen molar-refractivity contribution in [2.75, 3.05) is 13.2 Å². The number of ether oxygens (including phenoxy) is 1. The van der Waals surface area contributed by atoms with Gasteiger partial charge in [0.1, 0.15) is 6.61 Å². The smallest absolute Gasteiger partial charge is 0.416 e. The summed E-state index contributed by atoms with van der Waals surface area (Å²) in [4.78, 5) is 24.0. The normalized spacial score (nSPS) is 15.3. The Hall–Kier alpha value is -1.55. The van der Waals surface area contributed by atoms with Gasteiger partial charge in [-0.15, -0.1) is 0 Å². The molecule has 1 aromatic carbocycles. The van der Waals surface area contributed by atoms with E-state index in [2.05, 4.69) is 4.74 Å². The van der Waals surface area contributed by atoms with Gasteiger partial charge in [-0.25, -0.2) is 9.69 Å². The Balaban J connectivity index is 2.24. The van der Waals surface area contributed by atoms with Crippen molar-refractivity contribution in [3.8, 4) is 0 Å². The predicted octanol–water partition coefficient (Wildman–Crippen LogP) is 1.93. The molecule has 0 N–H and O–H groups in total. The summed E-state index contributed by atoms with van der Waals surface area (Å²) in [7, 11) is 0. The van der Waals surface area contributed by atoms with E-state index >= 15 is 0 Å². The first kappa shape index (κ1) is 9.98. The molecule has 1 aromatic rings. The second-order valence-corrected chi connectivity index (χ2v) is 3.52. The third kappa shape index (κ3) is 1.94. The van der Waals surface area contributed by atoms with Crippen LogP contribution in [0.1, 0.15) is 10.4 Å². The van der Waals surface area contributed by atoms with Gasteiger partial charge in [-0.1, -0.05) is 17.7 Å². The standard InChI is InChI=1S/C10H8ClNO3/c11-8-3-1-2-7(6-8)9(13)12-4-5-15-10(12)14/h1-3,6H,4-5H2. The van der Waals surface area contributed by atoms with Gasteiger partial charge < -0.3 is 4.74 Å². The zero-order valence-corrected chi connectivity index (χ0v) is 8.53. The molecule has 0 bridgehead atoms. The Morgan fingerprint density at radius 1 is 1.47 bits per heavy atom. The summed E-state index contributed by atoms with van der Waals surface area (Å²) >= 11 is 5.75. The van der Waals surface area contributed by atoms with Crippen molar-refractivity contribution in [2.24, 2.45) is 0 Å². The molecule has 2 rings (SSSR count). The van der Waals surface area contributed by atoms with Gasteiger partial charge in [0.2, 0.25) is 0 Å². The molecule has 1 aliphatic rings. The summed E-state index contributed by atoms with van der Waals surface area (Å²) in [5.74, 6) is -0.375. The van der Waals surface area contributed by atoms with Crippen molar-refractivity contribution in [1.29, 1.82) is 0 Å². The third-order valence-corrected chi connectivity index (χ3v) is 2.31. The number of hydrogen-bond donors (Lipinski definition) is 0. The molecule has 0 aliphatic carbocycles. The maximum Gasteiger partial charge on any atom is 0.416 e. The van der Waals surface area contributed by atoms with Crippen molar-refractivity contribution in [3.63, 3.8) is 0 Å². The van der Waals surface area contributed by atoms with E-state index in [9.17, 15) is 9.59 Å². The number of benzene rings is 1. The SMILES string of the molecule is O=C1OCCN1C(=O)c1cccc(Cl)c1. The second-order valence-electron chi connectivity index (χ2n) is 3.08. The van der Waals surface area contributed by atoms with Gasteiger partial charge in [0, 0.05) is 10.6 Å². The predicted molar refractivity (Wildman–Crippen MR) is 53.8 cm³/mol. The van der Waals surface area contributed by atoms with Crippen molar-refractivity contribution >= 4 is 23.6 Å². The number of nitrogens with zero attached hydrogens (tertiary/aromatic N) is 1. The van der Waals surface area contributed by atoms with E-state index in [1.165, 1.54) is 6.07 Å². The van der Waals surface area contributed by atoms with Crippen molar-refractivity contribution in [2.45, 2.75) is 0 Å². The van der Waals surface area contributed by atoms with Gasteiger partial charge in [-0.2, -0.15) is 0 Å². The molecular weight excluding hydrogens is 218 g/mol. The number of rotatable bonds is 1. The zero-order chi connectivity index (χ0) is 10.8. The summed E-state index contributed by atoms with van der Waals surface area (Å²) in [6, 6.07) is 6.47. The van der Waals surface area contributed by atoms with Crippen LogP contribution in [-0.4, -0.2) is 30.1 Å². The fraction of sp³-hybridized carbons (Fsp3) is 0.200. The molecule has 0 radical (unpaired) electrons. The fourth-order valence-corrected chi connectivity index (χ4v) is 1.55. The van der Waals surface area contributed by atoms with Gasteiger partial charge in [0.05, 0.1) is 6.54 Å². The lowest BCUT2D eigenvalue weighted by molar-refractivity contribution is 0.0810. The zero-order valence-electron chi connectivity index (χ0n) is 7.77. The minimum atomic E-state index is -0.597. The van der Waals surface area contributed by atoms with E-state index in [0.717, 1.165) is 4.90 Å². The molecular formula is C10H8ClNO3. The molecule has 0 spiro atoms. The lowest BCUT2D eigenvalue weighted by Crippen LogP contribution is -2.31. The highest BCUT2D eigenvalue weighted by atomic mass is 35.5. The first-order chi connectivity index (χ1) is 7.18. The van der Waals surface area contributed by atoms with Gasteiger partial charge >= 0.3 is 6.09 Å². The number of imide groups is 1. The lowest BCUT2D eigenvalue weighted by atomic mass is 10.2. The molecule has 1 saturated heterocycles. The Labute approximate surface area is 91.4 Å². The van der Waals surface area contributed by atoms with Crippen LogP contribution in [0.15, 0.2) is 24.3 Å². The molecule has 0 aromatic heterocycles. The van der Waals surface area contributed by atoms with Crippen LogP contribution in [0.25, 0.3) is 0 Å². The highest BCUT2D eigenvalue weighted by molar-refractivity contribution is 6.31. The third-order valence-electron chi connectivity index (χ3n) is 2.08. The number of amides is 2. The van der Waals surface area contributed by atoms with Crippen LogP contribution in [0.5, 0.6) is 0 Å². The molecule has 1 aliphatic heterocycles. The van der Waals surface area contributed by atoms with Crippen LogP contribution in [0, 0.1) is 0 Å². The molecule has 15 heavy (non-hydrogen) atoms. The van der Waals surface area contributed by atoms with Crippen molar-refractivity contribution in [3.05, 3.63) is 34.9 Å². The maximum absolute atomic E-state index is 11.8. The first-order valence-electron chi connectivity index (χ1n) is 4.42. The average molecular weight is 226 g/mol. The van der Waals surface area contributed by atoms with Crippen LogP contribution in [0.4, 0.5) is 4.79 Å². The Morgan fingerprint density at radius 3 is 2.87 bits per heavy atom. The number of carbonyl (C=O) groups is 2. The molecule has 0 atom stereocenters. The quantitative estimate of drug-likeness (QED) is 0.734. The molecule has 0 unspecified atom stereocenters. The van der Waals surface area contributed by atoms with Gasteiger partial charge in [0.15, 0.2) is 0 Å². The highest BCUT2D eigenvalue weighted by Gasteiger charge is 2.29. The highest BCUT2D eigenvalue weighted by Crippen LogP contribution is 2.14. The van der Waals surface area contributed by atoms with E-state index in [4.69, 9.17) is 11.6 Å². The Bertz CT molecular complexity index is 419. The van der Waals surface area contributed by atoms with Crippen LogP contribution in [-0.2, 0) is 4.74 Å². The number of halogens is 1. The van der Waals surface area contributed by atoms with Gasteiger partial charge in [0.25, 0.3) is 5.91 Å². The number of carbonyl (C=O) groups excluding carboxylic acids is 2. The average Bonchev–Trinajstić information content (AvgIpc) is 2.63. The molecule has 4 nitrogen and oxygen atoms in total. The summed E-state index contributed by atoms with van der Waals surface area (Å²) in [5.41, 5.74) is 0.390. The van der Waals surface area contributed by atoms with E-state index in [0.29, 0.717) is 17.1 Å². The minimum Gasteiger partial charge on any atom is -0.447 e. The van der Waals surface area contributed by atoms with Gasteiger partial charge in [-0.05, 0) is 18.2 Å². The minimum absolute atomic E-state index is 0.255. The van der Waals surface area contributed by atoms with Crippen LogP contribution in [0.2, 0.25) is 5.02 Å². The largest absolute Gasteiger partial charge is 0.447 e. The Morgan fingerprint density at radius 2 is 2.27 bits per heavy atom. The van der Waals surface area contributed by atoms with Gasteiger partial charge in [-0.3, -0.25) is 4.79 Å². The first-order valence-corrected chi connectivity index (χ1v) is 4.80. The summed E-state index contributed by atoms with van der Waals surface area (Å²) in [6.45, 7) is 0.551. The number of cyclic esters (lactones) is 1. The van der Waals surface area contributed by atoms with Crippen molar-refractivity contribution < 1.29 is 14.3 Å². The topological polar surface area (TPSA) is 46.6 Å². The van der Waals surface area contributed by atoms with E-state index in [-0.39, 0.29) is 12.5 Å². The summed E-state index contributed by atoms with van der Waals surface area (Å²) in [6.07, 6.45) is -0.597. The number of hydrogen-bond acceptors (Lipinski definition) is 3. The van der Waals surface area contributed by atoms with Crippen molar-refractivity contribution in [1.82, 2.24) is 4.90 Å². The molecule has 1 heterocycles. The van der Waals surface area contributed by atoms with E-state index < -0.39 is 6.09 Å². The molecule has 1 fully saturated rings. The van der Waals surface area contributed by atoms with Crippen LogP contribution < -0.4 is 0 Å². The monoisotopic (exact) mass is 225 g/mol. The second kappa shape index (κ2) is 3.90. The molecule has 2 amide bonds. The van der Waals surface area contributed by atoms with E-state index in [1.807, 2.05) is 0 Å². The van der Waals surface area contributed by atoms with E-state index in [1.54, 1.807) is 18.2 Å². The maximum atomic E-state index is 11.8. The molecule has 0 saturated carbocycles. The lowest BCUT2D eigenvalue weighted by Gasteiger charge is -2.10. The Kier molecular flexibility index (Phi) is 2.60. The summed E-state index contributed by atoms with van der Waals surface area (Å²) in [5, 5.41) is 0.466. The van der Waals surface area contributed by atoms with Crippen LogP contribution >= 0.6 is 11.6 Å². The molecule has 78 valence electrons.